The highest BCUT2D eigenvalue weighted by molar-refractivity contribution is 5.94. The predicted molar refractivity (Wildman–Crippen MR) is 62.4 cm³/mol. The van der Waals surface area contributed by atoms with Crippen LogP contribution in [0.4, 0.5) is 17.6 Å². The van der Waals surface area contributed by atoms with E-state index < -0.39 is 29.0 Å². The van der Waals surface area contributed by atoms with Crippen molar-refractivity contribution in [2.45, 2.75) is 13.1 Å². The Bertz CT molecular complexity index is 515. The standard InChI is InChI=1S/C12H12F4N2O2/c1-7(19)17-5-6-18-11(20)8-3-2-4-9(10(8)13)12(14,15)16/h2-4H,5-6H2,1H3,(H,17,19)(H,18,20). The van der Waals surface area contributed by atoms with Gasteiger partial charge in [-0.1, -0.05) is 6.07 Å². The maximum Gasteiger partial charge on any atom is 0.419 e. The first-order valence-electron chi connectivity index (χ1n) is 5.62. The SMILES string of the molecule is CC(=O)NCCNC(=O)c1cccc(C(F)(F)F)c1F. The zero-order valence-corrected chi connectivity index (χ0v) is 10.5. The second-order valence-corrected chi connectivity index (χ2v) is 3.90. The van der Waals surface area contributed by atoms with E-state index in [-0.39, 0.29) is 19.0 Å². The first kappa shape index (κ1) is 15.9. The smallest absolute Gasteiger partial charge is 0.355 e. The molecule has 0 unspecified atom stereocenters. The van der Waals surface area contributed by atoms with Gasteiger partial charge < -0.3 is 10.6 Å². The van der Waals surface area contributed by atoms with E-state index in [0.717, 1.165) is 12.1 Å². The highest BCUT2D eigenvalue weighted by Gasteiger charge is 2.35. The summed E-state index contributed by atoms with van der Waals surface area (Å²) in [6, 6.07) is 2.47. The average molecular weight is 292 g/mol. The fourth-order valence-corrected chi connectivity index (χ4v) is 1.44. The van der Waals surface area contributed by atoms with Crippen LogP contribution in [0.2, 0.25) is 0 Å². The molecule has 0 bridgehead atoms. The van der Waals surface area contributed by atoms with Crippen LogP contribution in [-0.2, 0) is 11.0 Å². The lowest BCUT2D eigenvalue weighted by Crippen LogP contribution is -2.34. The van der Waals surface area contributed by atoms with Crippen molar-refractivity contribution in [2.24, 2.45) is 0 Å². The van der Waals surface area contributed by atoms with Gasteiger partial charge in [0.05, 0.1) is 11.1 Å². The molecular formula is C12H12F4N2O2. The summed E-state index contributed by atoms with van der Waals surface area (Å²) in [6.07, 6.45) is -4.86. The summed E-state index contributed by atoms with van der Waals surface area (Å²) in [5.74, 6) is -2.90. The van der Waals surface area contributed by atoms with Crippen molar-refractivity contribution >= 4 is 11.8 Å². The molecule has 20 heavy (non-hydrogen) atoms. The molecule has 0 radical (unpaired) electrons. The maximum atomic E-state index is 13.6. The molecule has 0 saturated carbocycles. The van der Waals surface area contributed by atoms with Gasteiger partial charge in [-0.2, -0.15) is 13.2 Å². The van der Waals surface area contributed by atoms with Crippen LogP contribution in [0.15, 0.2) is 18.2 Å². The van der Waals surface area contributed by atoms with Crippen molar-refractivity contribution in [2.75, 3.05) is 13.1 Å². The Morgan fingerprint density at radius 3 is 2.30 bits per heavy atom. The number of alkyl halides is 3. The Morgan fingerprint density at radius 1 is 1.15 bits per heavy atom. The molecule has 2 N–H and O–H groups in total. The number of benzene rings is 1. The summed E-state index contributed by atoms with van der Waals surface area (Å²) in [7, 11) is 0. The number of hydrogen-bond acceptors (Lipinski definition) is 2. The molecule has 1 aromatic carbocycles. The third-order valence-electron chi connectivity index (χ3n) is 2.33. The minimum atomic E-state index is -4.86. The number of carbonyl (C=O) groups excluding carboxylic acids is 2. The largest absolute Gasteiger partial charge is 0.419 e. The number of amides is 2. The highest BCUT2D eigenvalue weighted by Crippen LogP contribution is 2.32. The van der Waals surface area contributed by atoms with Gasteiger partial charge in [-0.25, -0.2) is 4.39 Å². The third kappa shape index (κ3) is 4.22. The molecule has 2 amide bonds. The molecule has 4 nitrogen and oxygen atoms in total. The van der Waals surface area contributed by atoms with E-state index in [1.807, 2.05) is 0 Å². The topological polar surface area (TPSA) is 58.2 Å². The molecule has 0 aliphatic heterocycles. The van der Waals surface area contributed by atoms with Gasteiger partial charge in [-0.05, 0) is 12.1 Å². The van der Waals surface area contributed by atoms with Gasteiger partial charge in [0.2, 0.25) is 5.91 Å². The van der Waals surface area contributed by atoms with E-state index in [2.05, 4.69) is 10.6 Å². The predicted octanol–water partition coefficient (Wildman–Crippen LogP) is 1.71. The van der Waals surface area contributed by atoms with Gasteiger partial charge in [0.15, 0.2) is 0 Å². The average Bonchev–Trinajstić information content (AvgIpc) is 2.33. The van der Waals surface area contributed by atoms with Gasteiger partial charge in [0, 0.05) is 20.0 Å². The Labute approximate surface area is 112 Å². The number of halogens is 4. The Morgan fingerprint density at radius 2 is 1.75 bits per heavy atom. The van der Waals surface area contributed by atoms with E-state index in [9.17, 15) is 27.2 Å². The molecular weight excluding hydrogens is 280 g/mol. The molecule has 0 spiro atoms. The normalized spacial score (nSPS) is 11.1. The molecule has 110 valence electrons. The number of nitrogens with one attached hydrogen (secondary N) is 2. The van der Waals surface area contributed by atoms with Gasteiger partial charge in [-0.15, -0.1) is 0 Å². The zero-order valence-electron chi connectivity index (χ0n) is 10.5. The molecule has 0 aliphatic rings. The number of hydrogen-bond donors (Lipinski definition) is 2. The first-order chi connectivity index (χ1) is 9.23. The molecule has 0 heterocycles. The molecule has 0 atom stereocenters. The molecule has 8 heteroatoms. The molecule has 0 aliphatic carbocycles. The van der Waals surface area contributed by atoms with E-state index in [1.54, 1.807) is 0 Å². The van der Waals surface area contributed by atoms with Crippen molar-refractivity contribution in [3.63, 3.8) is 0 Å². The minimum absolute atomic E-state index is 0.0197. The fraction of sp³-hybridized carbons (Fsp3) is 0.333. The summed E-state index contributed by atoms with van der Waals surface area (Å²) < 4.78 is 51.0. The Hall–Kier alpha value is -2.12. The fourth-order valence-electron chi connectivity index (χ4n) is 1.44. The van der Waals surface area contributed by atoms with Crippen LogP contribution >= 0.6 is 0 Å². The highest BCUT2D eigenvalue weighted by atomic mass is 19.4. The summed E-state index contributed by atoms with van der Waals surface area (Å²) in [4.78, 5) is 22.1. The Balaban J connectivity index is 2.76. The monoisotopic (exact) mass is 292 g/mol. The lowest BCUT2D eigenvalue weighted by atomic mass is 10.1. The van der Waals surface area contributed by atoms with Crippen molar-refractivity contribution < 1.29 is 27.2 Å². The first-order valence-corrected chi connectivity index (χ1v) is 5.62. The van der Waals surface area contributed by atoms with Crippen LogP contribution in [0, 0.1) is 5.82 Å². The van der Waals surface area contributed by atoms with Gasteiger partial charge in [0.25, 0.3) is 5.91 Å². The second-order valence-electron chi connectivity index (χ2n) is 3.90. The van der Waals surface area contributed by atoms with E-state index in [1.165, 1.54) is 6.92 Å². The van der Waals surface area contributed by atoms with Crippen LogP contribution < -0.4 is 10.6 Å². The van der Waals surface area contributed by atoms with Crippen LogP contribution in [0.1, 0.15) is 22.8 Å². The second kappa shape index (κ2) is 6.36. The van der Waals surface area contributed by atoms with Crippen molar-refractivity contribution in [1.29, 1.82) is 0 Å². The van der Waals surface area contributed by atoms with E-state index >= 15 is 0 Å². The lowest BCUT2D eigenvalue weighted by molar-refractivity contribution is -0.140. The summed E-state index contributed by atoms with van der Waals surface area (Å²) in [5.41, 5.74) is -2.19. The van der Waals surface area contributed by atoms with Gasteiger partial charge in [-0.3, -0.25) is 9.59 Å². The van der Waals surface area contributed by atoms with Crippen molar-refractivity contribution in [1.82, 2.24) is 10.6 Å². The summed E-state index contributed by atoms with van der Waals surface area (Å²) in [5, 5.41) is 4.59. The van der Waals surface area contributed by atoms with Crippen LogP contribution in [-0.4, -0.2) is 24.9 Å². The lowest BCUT2D eigenvalue weighted by Gasteiger charge is -2.11. The van der Waals surface area contributed by atoms with Crippen molar-refractivity contribution in [3.05, 3.63) is 35.1 Å². The van der Waals surface area contributed by atoms with Gasteiger partial charge in [0.1, 0.15) is 5.82 Å². The number of carbonyl (C=O) groups is 2. The van der Waals surface area contributed by atoms with Crippen LogP contribution in [0.3, 0.4) is 0 Å². The summed E-state index contributed by atoms with van der Waals surface area (Å²) in [6.45, 7) is 1.35. The Kier molecular flexibility index (Phi) is 5.06. The molecule has 1 aromatic rings. The molecule has 0 aromatic heterocycles. The molecule has 1 rings (SSSR count). The van der Waals surface area contributed by atoms with Crippen LogP contribution in [0.5, 0.6) is 0 Å². The molecule has 0 fully saturated rings. The van der Waals surface area contributed by atoms with E-state index in [0.29, 0.717) is 6.07 Å². The van der Waals surface area contributed by atoms with E-state index in [4.69, 9.17) is 0 Å². The number of rotatable bonds is 4. The zero-order chi connectivity index (χ0) is 15.3. The molecule has 0 saturated heterocycles. The quantitative estimate of drug-likeness (QED) is 0.655. The maximum absolute atomic E-state index is 13.6. The van der Waals surface area contributed by atoms with Gasteiger partial charge >= 0.3 is 6.18 Å². The van der Waals surface area contributed by atoms with Crippen molar-refractivity contribution in [3.8, 4) is 0 Å². The summed E-state index contributed by atoms with van der Waals surface area (Å²) >= 11 is 0. The minimum Gasteiger partial charge on any atom is -0.355 e. The third-order valence-corrected chi connectivity index (χ3v) is 2.33. The van der Waals surface area contributed by atoms with Crippen LogP contribution in [0.25, 0.3) is 0 Å².